The third-order valence-corrected chi connectivity index (χ3v) is 3.73. The normalized spacial score (nSPS) is 16.2. The zero-order valence-corrected chi connectivity index (χ0v) is 13.5. The van der Waals surface area contributed by atoms with Gasteiger partial charge in [-0.05, 0) is 54.1 Å². The van der Waals surface area contributed by atoms with Crippen molar-refractivity contribution < 1.29 is 19.0 Å². The topological polar surface area (TPSA) is 92.5 Å². The summed E-state index contributed by atoms with van der Waals surface area (Å²) in [7, 11) is 0. The maximum absolute atomic E-state index is 11.4. The molecule has 0 aromatic heterocycles. The van der Waals surface area contributed by atoms with Crippen LogP contribution in [0.15, 0.2) is 48.5 Å². The summed E-state index contributed by atoms with van der Waals surface area (Å²) in [6.45, 7) is 0.401. The average Bonchev–Trinajstić information content (AvgIpc) is 3.02. The Morgan fingerprint density at radius 3 is 2.24 bits per heavy atom. The molecule has 0 bridgehead atoms. The van der Waals surface area contributed by atoms with Crippen LogP contribution in [0.4, 0.5) is 0 Å². The van der Waals surface area contributed by atoms with Crippen LogP contribution in [0.1, 0.15) is 18.4 Å². The molecule has 0 radical (unpaired) electrons. The van der Waals surface area contributed by atoms with Crippen molar-refractivity contribution in [2.24, 2.45) is 0 Å². The summed E-state index contributed by atoms with van der Waals surface area (Å²) in [6, 6.07) is 14.2. The van der Waals surface area contributed by atoms with Gasteiger partial charge in [-0.15, -0.1) is 0 Å². The first-order chi connectivity index (χ1) is 12.2. The number of ether oxygens (including phenoxy) is 3. The number of carbonyl (C=O) groups excluding carboxylic acids is 1. The number of hydrogen-bond acceptors (Lipinski definition) is 6. The van der Waals surface area contributed by atoms with Crippen LogP contribution in [0, 0.1) is 10.8 Å². The summed E-state index contributed by atoms with van der Waals surface area (Å²) in [5.74, 6) is 1.56. The number of carbonyl (C=O) groups is 1. The number of rotatable bonds is 7. The van der Waals surface area contributed by atoms with E-state index in [1.54, 1.807) is 48.5 Å². The van der Waals surface area contributed by atoms with Crippen molar-refractivity contribution in [1.82, 2.24) is 0 Å². The van der Waals surface area contributed by atoms with Gasteiger partial charge in [0.25, 0.3) is 0 Å². The molecule has 3 rings (SSSR count). The molecule has 25 heavy (non-hydrogen) atoms. The third kappa shape index (κ3) is 4.23. The summed E-state index contributed by atoms with van der Waals surface area (Å²) in [6.07, 6.45) is 1.56. The van der Waals surface area contributed by atoms with Gasteiger partial charge in [0.1, 0.15) is 17.2 Å². The second-order valence-electron chi connectivity index (χ2n) is 5.55. The lowest BCUT2D eigenvalue weighted by Gasteiger charge is -2.11. The van der Waals surface area contributed by atoms with Crippen LogP contribution in [0.25, 0.3) is 0 Å². The fraction of sp³-hybridized carbons (Fsp3) is 0.211. The lowest BCUT2D eigenvalue weighted by molar-refractivity contribution is -0.143. The Kier molecular flexibility index (Phi) is 5.09. The molecule has 6 nitrogen and oxygen atoms in total. The quantitative estimate of drug-likeness (QED) is 0.596. The minimum Gasteiger partial charge on any atom is -0.479 e. The molecular formula is C19H18N2O4. The third-order valence-electron chi connectivity index (χ3n) is 3.73. The van der Waals surface area contributed by atoms with Gasteiger partial charge < -0.3 is 25.0 Å². The fourth-order valence-electron chi connectivity index (χ4n) is 2.42. The van der Waals surface area contributed by atoms with E-state index in [0.29, 0.717) is 42.4 Å². The number of esters is 1. The first-order valence-corrected chi connectivity index (χ1v) is 7.94. The molecule has 0 saturated carbocycles. The van der Waals surface area contributed by atoms with Crippen LogP contribution < -0.4 is 9.47 Å². The first kappa shape index (κ1) is 16.7. The predicted octanol–water partition coefficient (Wildman–Crippen LogP) is 3.58. The standard InChI is InChI=1S/C19H18N2O4/c20-11-9-17(21)13-1-3-14(4-2-13)24-15-5-7-16(8-6-15)25-18-10-12-23-19(18)22/h1-8,11,18,20-21H,9-10,12H2. The molecule has 0 spiro atoms. The van der Waals surface area contributed by atoms with Crippen molar-refractivity contribution in [2.45, 2.75) is 18.9 Å². The molecule has 1 heterocycles. The van der Waals surface area contributed by atoms with Crippen molar-refractivity contribution in [3.05, 3.63) is 54.1 Å². The molecule has 2 N–H and O–H groups in total. The molecule has 2 aromatic carbocycles. The van der Waals surface area contributed by atoms with E-state index in [0.717, 1.165) is 5.56 Å². The van der Waals surface area contributed by atoms with Gasteiger partial charge in [0.15, 0.2) is 6.10 Å². The number of hydrogen-bond donors (Lipinski definition) is 2. The van der Waals surface area contributed by atoms with Crippen LogP contribution in [-0.2, 0) is 9.53 Å². The molecule has 1 aliphatic rings. The van der Waals surface area contributed by atoms with Gasteiger partial charge in [-0.3, -0.25) is 0 Å². The van der Waals surface area contributed by atoms with Crippen molar-refractivity contribution in [2.75, 3.05) is 6.61 Å². The van der Waals surface area contributed by atoms with Gasteiger partial charge >= 0.3 is 5.97 Å². The Labute approximate surface area is 145 Å². The largest absolute Gasteiger partial charge is 0.479 e. The van der Waals surface area contributed by atoms with E-state index in [-0.39, 0.29) is 5.97 Å². The molecular weight excluding hydrogens is 320 g/mol. The van der Waals surface area contributed by atoms with E-state index >= 15 is 0 Å². The van der Waals surface area contributed by atoms with E-state index in [2.05, 4.69) is 0 Å². The summed E-state index contributed by atoms with van der Waals surface area (Å²) >= 11 is 0. The number of cyclic esters (lactones) is 1. The molecule has 1 unspecified atom stereocenters. The van der Waals surface area contributed by atoms with Crippen LogP contribution in [-0.4, -0.2) is 30.6 Å². The van der Waals surface area contributed by atoms with Crippen molar-refractivity contribution in [1.29, 1.82) is 10.8 Å². The molecule has 1 aliphatic heterocycles. The molecule has 0 aliphatic carbocycles. The zero-order valence-electron chi connectivity index (χ0n) is 13.5. The van der Waals surface area contributed by atoms with Gasteiger partial charge in [0.05, 0.1) is 6.61 Å². The second kappa shape index (κ2) is 7.61. The minimum atomic E-state index is -0.532. The Morgan fingerprint density at radius 2 is 1.68 bits per heavy atom. The highest BCUT2D eigenvalue weighted by molar-refractivity contribution is 6.04. The van der Waals surface area contributed by atoms with Crippen LogP contribution >= 0.6 is 0 Å². The summed E-state index contributed by atoms with van der Waals surface area (Å²) in [5, 5.41) is 14.9. The smallest absolute Gasteiger partial charge is 0.347 e. The highest BCUT2D eigenvalue weighted by Gasteiger charge is 2.28. The molecule has 1 atom stereocenters. The Hall–Kier alpha value is -3.15. The molecule has 128 valence electrons. The molecule has 2 aromatic rings. The monoisotopic (exact) mass is 338 g/mol. The van der Waals surface area contributed by atoms with Gasteiger partial charge in [0.2, 0.25) is 0 Å². The predicted molar refractivity (Wildman–Crippen MR) is 93.2 cm³/mol. The van der Waals surface area contributed by atoms with Crippen molar-refractivity contribution in [3.63, 3.8) is 0 Å². The van der Waals surface area contributed by atoms with E-state index in [4.69, 9.17) is 25.0 Å². The van der Waals surface area contributed by atoms with Crippen LogP contribution in [0.5, 0.6) is 17.2 Å². The highest BCUT2D eigenvalue weighted by atomic mass is 16.6. The molecule has 6 heteroatoms. The minimum absolute atomic E-state index is 0.316. The van der Waals surface area contributed by atoms with E-state index in [9.17, 15) is 4.79 Å². The Bertz CT molecular complexity index is 769. The lowest BCUT2D eigenvalue weighted by atomic mass is 10.1. The average molecular weight is 338 g/mol. The molecule has 1 saturated heterocycles. The van der Waals surface area contributed by atoms with Gasteiger partial charge in [0, 0.05) is 24.8 Å². The zero-order chi connectivity index (χ0) is 17.6. The summed E-state index contributed by atoms with van der Waals surface area (Å²) in [5.41, 5.74) is 1.16. The van der Waals surface area contributed by atoms with E-state index < -0.39 is 6.10 Å². The van der Waals surface area contributed by atoms with Crippen LogP contribution in [0.2, 0.25) is 0 Å². The van der Waals surface area contributed by atoms with Crippen molar-refractivity contribution in [3.8, 4) is 17.2 Å². The SMILES string of the molecule is N=CCC(=N)c1ccc(Oc2ccc(OC3CCOC3=O)cc2)cc1. The van der Waals surface area contributed by atoms with Gasteiger partial charge in [-0.1, -0.05) is 0 Å². The fourth-order valence-corrected chi connectivity index (χ4v) is 2.42. The first-order valence-electron chi connectivity index (χ1n) is 7.94. The van der Waals surface area contributed by atoms with E-state index in [1.165, 1.54) is 6.21 Å². The second-order valence-corrected chi connectivity index (χ2v) is 5.55. The maximum atomic E-state index is 11.4. The van der Waals surface area contributed by atoms with E-state index in [1.807, 2.05) is 0 Å². The lowest BCUT2D eigenvalue weighted by Crippen LogP contribution is -2.21. The van der Waals surface area contributed by atoms with Gasteiger partial charge in [-0.2, -0.15) is 0 Å². The Morgan fingerprint density at radius 1 is 1.08 bits per heavy atom. The molecule has 1 fully saturated rings. The van der Waals surface area contributed by atoms with Crippen LogP contribution in [0.3, 0.4) is 0 Å². The van der Waals surface area contributed by atoms with Crippen molar-refractivity contribution >= 4 is 17.9 Å². The Balaban J connectivity index is 1.60. The number of nitrogens with one attached hydrogen (secondary N) is 2. The van der Waals surface area contributed by atoms with Gasteiger partial charge in [-0.25, -0.2) is 4.79 Å². The maximum Gasteiger partial charge on any atom is 0.347 e. The summed E-state index contributed by atoms with van der Waals surface area (Å²) < 4.78 is 16.2. The number of benzene rings is 2. The highest BCUT2D eigenvalue weighted by Crippen LogP contribution is 2.25. The molecule has 0 amide bonds. The summed E-state index contributed by atoms with van der Waals surface area (Å²) in [4.78, 5) is 11.4.